The topological polar surface area (TPSA) is 121 Å². The van der Waals surface area contributed by atoms with Crippen molar-refractivity contribution in [3.05, 3.63) is 65.2 Å². The van der Waals surface area contributed by atoms with Gasteiger partial charge < -0.3 is 23.8 Å². The van der Waals surface area contributed by atoms with Crippen LogP contribution in [0, 0.1) is 0 Å². The highest BCUT2D eigenvalue weighted by Crippen LogP contribution is 2.39. The molecule has 160 valence electrons. The van der Waals surface area contributed by atoms with E-state index in [-0.39, 0.29) is 18.3 Å². The monoisotopic (exact) mass is 429 g/mol. The zero-order valence-electron chi connectivity index (χ0n) is 16.5. The van der Waals surface area contributed by atoms with Crippen LogP contribution in [0.25, 0.3) is 11.1 Å². The number of nitrogens with one attached hydrogen (secondary N) is 1. The minimum Gasteiger partial charge on any atom is -0.438 e. The van der Waals surface area contributed by atoms with Crippen molar-refractivity contribution in [2.45, 2.75) is 38.5 Å². The fraction of sp³-hybridized carbons (Fsp3) is 0.300. The highest BCUT2D eigenvalue weighted by Gasteiger charge is 2.43. The van der Waals surface area contributed by atoms with Gasteiger partial charge in [-0.25, -0.2) is 23.7 Å². The van der Waals surface area contributed by atoms with Gasteiger partial charge in [-0.3, -0.25) is 4.79 Å². The summed E-state index contributed by atoms with van der Waals surface area (Å²) < 4.78 is 38.4. The summed E-state index contributed by atoms with van der Waals surface area (Å²) in [6.07, 6.45) is -1.59. The minimum atomic E-state index is -3.07. The average molecular weight is 429 g/mol. The highest BCUT2D eigenvalue weighted by molar-refractivity contribution is 5.93. The van der Waals surface area contributed by atoms with Crippen molar-refractivity contribution < 1.29 is 27.5 Å². The number of nitrogens with zero attached hydrogens (tertiary/aromatic N) is 4. The van der Waals surface area contributed by atoms with E-state index in [2.05, 4.69) is 19.9 Å². The van der Waals surface area contributed by atoms with E-state index in [1.165, 1.54) is 25.1 Å². The number of amides is 1. The molecule has 3 aromatic heterocycles. The normalized spacial score (nSPS) is 16.5. The van der Waals surface area contributed by atoms with E-state index < -0.39 is 35.4 Å². The molecule has 1 aromatic carbocycles. The van der Waals surface area contributed by atoms with E-state index in [9.17, 15) is 18.7 Å². The average Bonchev–Trinajstić information content (AvgIpc) is 3.46. The maximum atomic E-state index is 13.6. The first-order chi connectivity index (χ1) is 14.7. The molecule has 0 bridgehead atoms. The van der Waals surface area contributed by atoms with E-state index in [1.54, 1.807) is 24.3 Å². The van der Waals surface area contributed by atoms with Gasteiger partial charge in [0.05, 0.1) is 24.3 Å². The molecule has 0 saturated carbocycles. The number of aliphatic hydroxyl groups is 1. The fourth-order valence-electron chi connectivity index (χ4n) is 3.57. The highest BCUT2D eigenvalue weighted by atomic mass is 19.3. The van der Waals surface area contributed by atoms with E-state index in [0.717, 1.165) is 0 Å². The van der Waals surface area contributed by atoms with Crippen LogP contribution in [0.1, 0.15) is 65.7 Å². The number of carbonyl (C=O) groups is 1. The second-order valence-electron chi connectivity index (χ2n) is 7.71. The number of aromatic amines is 1. The van der Waals surface area contributed by atoms with Gasteiger partial charge in [-0.05, 0) is 26.0 Å². The maximum absolute atomic E-state index is 13.6. The Labute approximate surface area is 173 Å². The molecule has 4 heterocycles. The number of rotatable bonds is 4. The first-order valence-electron chi connectivity index (χ1n) is 9.44. The molecule has 9 nitrogen and oxygen atoms in total. The number of halogens is 2. The Hall–Kier alpha value is -3.60. The van der Waals surface area contributed by atoms with Gasteiger partial charge >= 0.3 is 0 Å². The molecule has 1 aliphatic heterocycles. The van der Waals surface area contributed by atoms with Crippen LogP contribution in [0.2, 0.25) is 0 Å². The van der Waals surface area contributed by atoms with Crippen LogP contribution >= 0.6 is 0 Å². The van der Waals surface area contributed by atoms with Crippen LogP contribution in [0.3, 0.4) is 0 Å². The summed E-state index contributed by atoms with van der Waals surface area (Å²) in [6, 6.07) is 6.24. The van der Waals surface area contributed by atoms with Crippen LogP contribution in [0.4, 0.5) is 8.78 Å². The number of H-pyrrole nitrogens is 1. The number of benzene rings is 1. The van der Waals surface area contributed by atoms with Crippen LogP contribution in [0.5, 0.6) is 0 Å². The first-order valence-corrected chi connectivity index (χ1v) is 9.44. The molecular weight excluding hydrogens is 412 g/mol. The van der Waals surface area contributed by atoms with Crippen molar-refractivity contribution in [1.82, 2.24) is 24.8 Å². The number of fused-ring (bicyclic) bond motifs is 2. The predicted molar refractivity (Wildman–Crippen MR) is 101 cm³/mol. The maximum Gasteiger partial charge on any atom is 0.293 e. The van der Waals surface area contributed by atoms with Crippen LogP contribution in [-0.4, -0.2) is 35.8 Å². The Kier molecular flexibility index (Phi) is 4.19. The van der Waals surface area contributed by atoms with E-state index >= 15 is 0 Å². The minimum absolute atomic E-state index is 0.0544. The zero-order chi connectivity index (χ0) is 21.9. The lowest BCUT2D eigenvalue weighted by molar-refractivity contribution is 0.0441. The van der Waals surface area contributed by atoms with Gasteiger partial charge in [0.1, 0.15) is 11.1 Å². The van der Waals surface area contributed by atoms with Gasteiger partial charge in [0, 0.05) is 0 Å². The number of carbonyl (C=O) groups excluding carboxylic acids is 1. The summed E-state index contributed by atoms with van der Waals surface area (Å²) in [7, 11) is 0. The molecule has 0 spiro atoms. The second-order valence-corrected chi connectivity index (χ2v) is 7.71. The summed E-state index contributed by atoms with van der Waals surface area (Å²) in [5.41, 5.74) is -0.236. The third kappa shape index (κ3) is 3.08. The first kappa shape index (κ1) is 19.4. The van der Waals surface area contributed by atoms with Gasteiger partial charge in [0.15, 0.2) is 17.3 Å². The molecule has 4 aromatic rings. The number of hydrogen-bond acceptors (Lipinski definition) is 7. The molecule has 0 aliphatic carbocycles. The standard InChI is InChI=1S/C20H17F2N5O4/c1-20(2,29)19-26-13(16(21)22)15(31-19)18(28)27-7-10-12(24-8-23-10)14(27)17-25-9-5-3-4-6-11(9)30-17/h3-6,8,14,16,29H,7H2,1-2H3,(H,23,24)/t14-/m0/s1. The van der Waals surface area contributed by atoms with Crippen molar-refractivity contribution in [3.63, 3.8) is 0 Å². The van der Waals surface area contributed by atoms with Crippen LogP contribution in [-0.2, 0) is 12.1 Å². The number of aromatic nitrogens is 4. The Morgan fingerprint density at radius 2 is 2.06 bits per heavy atom. The molecule has 1 amide bonds. The van der Waals surface area contributed by atoms with Gasteiger partial charge in [-0.15, -0.1) is 0 Å². The molecule has 0 saturated heterocycles. The van der Waals surface area contributed by atoms with Gasteiger partial charge in [0.2, 0.25) is 17.5 Å². The van der Waals surface area contributed by atoms with Crippen molar-refractivity contribution in [3.8, 4) is 0 Å². The summed E-state index contributed by atoms with van der Waals surface area (Å²) in [5.74, 6) is -1.66. The molecule has 0 fully saturated rings. The molecule has 0 radical (unpaired) electrons. The van der Waals surface area contributed by atoms with E-state index in [4.69, 9.17) is 8.83 Å². The molecule has 0 unspecified atom stereocenters. The summed E-state index contributed by atoms with van der Waals surface area (Å²) >= 11 is 0. The third-order valence-electron chi connectivity index (χ3n) is 5.03. The SMILES string of the molecule is CC(C)(O)c1nc(C(F)F)c(C(=O)N2Cc3[nH]cnc3[C@H]2c2nc3ccccc3o2)o1. The number of imidazole rings is 1. The van der Waals surface area contributed by atoms with Crippen molar-refractivity contribution >= 4 is 17.0 Å². The Morgan fingerprint density at radius 1 is 1.29 bits per heavy atom. The smallest absolute Gasteiger partial charge is 0.293 e. The molecule has 2 N–H and O–H groups in total. The molecule has 5 rings (SSSR count). The zero-order valence-corrected chi connectivity index (χ0v) is 16.5. The summed E-state index contributed by atoms with van der Waals surface area (Å²) in [6.45, 7) is 2.71. The van der Waals surface area contributed by atoms with Crippen molar-refractivity contribution in [2.75, 3.05) is 0 Å². The van der Waals surface area contributed by atoms with E-state index in [0.29, 0.717) is 22.5 Å². The predicted octanol–water partition coefficient (Wildman–Crippen LogP) is 3.45. The lowest BCUT2D eigenvalue weighted by atomic mass is 10.1. The van der Waals surface area contributed by atoms with Crippen LogP contribution < -0.4 is 0 Å². The number of para-hydroxylation sites is 2. The molecule has 11 heteroatoms. The molecular formula is C20H17F2N5O4. The van der Waals surface area contributed by atoms with E-state index in [1.807, 2.05) is 0 Å². The quantitative estimate of drug-likeness (QED) is 0.510. The second kappa shape index (κ2) is 6.71. The lowest BCUT2D eigenvalue weighted by Gasteiger charge is -2.21. The Morgan fingerprint density at radius 3 is 2.77 bits per heavy atom. The molecule has 31 heavy (non-hydrogen) atoms. The Balaban J connectivity index is 1.60. The number of alkyl halides is 2. The molecule has 1 atom stereocenters. The van der Waals surface area contributed by atoms with Gasteiger partial charge in [-0.1, -0.05) is 12.1 Å². The Bertz CT molecular complexity index is 1250. The van der Waals surface area contributed by atoms with Gasteiger partial charge in [0.25, 0.3) is 12.3 Å². The summed E-state index contributed by atoms with van der Waals surface area (Å²) in [5, 5.41) is 10.1. The lowest BCUT2D eigenvalue weighted by Crippen LogP contribution is -2.31. The van der Waals surface area contributed by atoms with Gasteiger partial charge in [-0.2, -0.15) is 0 Å². The third-order valence-corrected chi connectivity index (χ3v) is 5.03. The number of oxazole rings is 2. The largest absolute Gasteiger partial charge is 0.438 e. The summed E-state index contributed by atoms with van der Waals surface area (Å²) in [4.78, 5) is 30.0. The van der Waals surface area contributed by atoms with Crippen LogP contribution in [0.15, 0.2) is 39.4 Å². The van der Waals surface area contributed by atoms with Crippen molar-refractivity contribution in [1.29, 1.82) is 0 Å². The molecule has 1 aliphatic rings. The fourth-order valence-corrected chi connectivity index (χ4v) is 3.57. The number of hydrogen-bond donors (Lipinski definition) is 2. The van der Waals surface area contributed by atoms with Crippen molar-refractivity contribution in [2.24, 2.45) is 0 Å².